The minimum atomic E-state index is -4.80. The second-order valence-corrected chi connectivity index (χ2v) is 3.37. The first-order valence-electron chi connectivity index (χ1n) is 4.90. The number of hydrogen-bond donors (Lipinski definition) is 0. The molecule has 0 spiro atoms. The largest absolute Gasteiger partial charge is 1.00 e. The van der Waals surface area contributed by atoms with Gasteiger partial charge in [-0.3, -0.25) is 0 Å². The zero-order valence-electron chi connectivity index (χ0n) is 9.33. The van der Waals surface area contributed by atoms with Crippen LogP contribution >= 0.6 is 0 Å². The molecule has 0 aliphatic carbocycles. The number of ether oxygens (including phenoxy) is 1. The molecule has 0 saturated carbocycles. The van der Waals surface area contributed by atoms with Crippen LogP contribution in [0.25, 0.3) is 0 Å². The van der Waals surface area contributed by atoms with Gasteiger partial charge in [0.15, 0.2) is 0 Å². The number of benzene rings is 1. The van der Waals surface area contributed by atoms with Crippen LogP contribution in [0.2, 0.25) is 0 Å². The maximum Gasteiger partial charge on any atom is 1.00 e. The van der Waals surface area contributed by atoms with E-state index >= 15 is 0 Å². The molecule has 0 atom stereocenters. The quantitative estimate of drug-likeness (QED) is 0.515. The molecule has 16 heavy (non-hydrogen) atoms. The van der Waals surface area contributed by atoms with E-state index in [1.165, 1.54) is 0 Å². The summed E-state index contributed by atoms with van der Waals surface area (Å²) in [7, 11) is 0. The summed E-state index contributed by atoms with van der Waals surface area (Å²) in [6.45, 7) is -5.72. The molecule has 1 rings (SSSR count). The van der Waals surface area contributed by atoms with Crippen LogP contribution in [-0.4, -0.2) is 20.1 Å². The van der Waals surface area contributed by atoms with Gasteiger partial charge in [-0.25, -0.2) is 0 Å². The summed E-state index contributed by atoms with van der Waals surface area (Å²) in [5.74, 6) is 0. The Morgan fingerprint density at radius 3 is 2.25 bits per heavy atom. The van der Waals surface area contributed by atoms with Crippen molar-refractivity contribution >= 4 is 6.98 Å². The van der Waals surface area contributed by atoms with E-state index in [2.05, 4.69) is 4.74 Å². The molecule has 6 heteroatoms. The first kappa shape index (κ1) is 16.7. The van der Waals surface area contributed by atoms with Crippen LogP contribution in [-0.2, 0) is 11.2 Å². The van der Waals surface area contributed by atoms with E-state index in [0.29, 0.717) is 6.42 Å². The maximum atomic E-state index is 11.7. The molecule has 84 valence electrons. The van der Waals surface area contributed by atoms with Crippen LogP contribution in [0, 0.1) is 0 Å². The van der Waals surface area contributed by atoms with Gasteiger partial charge in [0.1, 0.15) is 0 Å². The molecule has 0 fully saturated rings. The molecule has 1 aromatic carbocycles. The van der Waals surface area contributed by atoms with Crippen molar-refractivity contribution in [3.63, 3.8) is 0 Å². The summed E-state index contributed by atoms with van der Waals surface area (Å²) in [6, 6.07) is 9.64. The van der Waals surface area contributed by atoms with Crippen molar-refractivity contribution in [1.82, 2.24) is 0 Å². The summed E-state index contributed by atoms with van der Waals surface area (Å²) < 4.78 is 39.8. The van der Waals surface area contributed by atoms with Crippen molar-refractivity contribution in [3.8, 4) is 0 Å². The Balaban J connectivity index is 0.00000225. The SMILES string of the molecule is F[B-](F)(F)COCCCc1ccccc1.[K+]. The van der Waals surface area contributed by atoms with E-state index in [0.717, 1.165) is 12.0 Å². The van der Waals surface area contributed by atoms with Gasteiger partial charge >= 0.3 is 58.4 Å². The average molecular weight is 256 g/mol. The molecule has 0 radical (unpaired) electrons. The minimum absolute atomic E-state index is 0. The minimum Gasteiger partial charge on any atom is -0.447 e. The standard InChI is InChI=1S/C10H13BF3O.K/c12-11(13,14)9-15-8-4-7-10-5-2-1-3-6-10;/h1-3,5-6H,4,7-9H2;/q-1;+1. The average Bonchev–Trinajstić information content (AvgIpc) is 2.17. The van der Waals surface area contributed by atoms with E-state index in [1.54, 1.807) is 0 Å². The van der Waals surface area contributed by atoms with Crippen LogP contribution in [0.1, 0.15) is 12.0 Å². The van der Waals surface area contributed by atoms with Gasteiger partial charge in [-0.1, -0.05) is 30.3 Å². The van der Waals surface area contributed by atoms with Crippen LogP contribution < -0.4 is 51.4 Å². The number of rotatable bonds is 6. The van der Waals surface area contributed by atoms with Gasteiger partial charge in [-0.2, -0.15) is 0 Å². The molecule has 0 N–H and O–H groups in total. The molecule has 0 aliphatic rings. The van der Waals surface area contributed by atoms with Gasteiger partial charge in [0.05, 0.1) is 0 Å². The van der Waals surface area contributed by atoms with Crippen LogP contribution in [0.15, 0.2) is 30.3 Å². The summed E-state index contributed by atoms with van der Waals surface area (Å²) in [5, 5.41) is 0. The third kappa shape index (κ3) is 8.78. The smallest absolute Gasteiger partial charge is 0.447 e. The fourth-order valence-corrected chi connectivity index (χ4v) is 1.24. The molecule has 0 heterocycles. The van der Waals surface area contributed by atoms with Gasteiger partial charge in [0.25, 0.3) is 0 Å². The number of halogens is 3. The Morgan fingerprint density at radius 2 is 1.69 bits per heavy atom. The Labute approximate surface area is 136 Å². The van der Waals surface area contributed by atoms with Crippen molar-refractivity contribution < 1.29 is 69.1 Å². The van der Waals surface area contributed by atoms with Crippen LogP contribution in [0.4, 0.5) is 12.9 Å². The van der Waals surface area contributed by atoms with E-state index in [-0.39, 0.29) is 58.0 Å². The molecule has 0 unspecified atom stereocenters. The molecule has 1 nitrogen and oxygen atoms in total. The molecule has 0 aromatic heterocycles. The molecular formula is C10H13BF3KO. The molecule has 0 amide bonds. The van der Waals surface area contributed by atoms with Crippen molar-refractivity contribution in [1.29, 1.82) is 0 Å². The van der Waals surface area contributed by atoms with Gasteiger partial charge in [-0.15, -0.1) is 0 Å². The van der Waals surface area contributed by atoms with E-state index in [9.17, 15) is 12.9 Å². The Bertz CT molecular complexity index is 279. The number of hydrogen-bond acceptors (Lipinski definition) is 1. The molecule has 0 bridgehead atoms. The van der Waals surface area contributed by atoms with Crippen LogP contribution in [0.3, 0.4) is 0 Å². The Morgan fingerprint density at radius 1 is 1.06 bits per heavy atom. The fourth-order valence-electron chi connectivity index (χ4n) is 1.24. The number of aryl methyl sites for hydroxylation is 1. The van der Waals surface area contributed by atoms with Gasteiger partial charge in [-0.05, 0) is 18.4 Å². The molecule has 0 saturated heterocycles. The summed E-state index contributed by atoms with van der Waals surface area (Å²) in [5.41, 5.74) is 1.12. The van der Waals surface area contributed by atoms with Crippen molar-refractivity contribution in [3.05, 3.63) is 35.9 Å². The van der Waals surface area contributed by atoms with Crippen molar-refractivity contribution in [2.45, 2.75) is 12.8 Å². The van der Waals surface area contributed by atoms with Gasteiger partial charge in [0.2, 0.25) is 0 Å². The summed E-state index contributed by atoms with van der Waals surface area (Å²) in [6.07, 6.45) is 1.38. The van der Waals surface area contributed by atoms with E-state index in [4.69, 9.17) is 0 Å². The predicted molar refractivity (Wildman–Crippen MR) is 54.7 cm³/mol. The monoisotopic (exact) mass is 256 g/mol. The second-order valence-electron chi connectivity index (χ2n) is 3.37. The van der Waals surface area contributed by atoms with Gasteiger partial charge < -0.3 is 17.7 Å². The normalized spacial score (nSPS) is 10.9. The zero-order valence-corrected chi connectivity index (χ0v) is 12.5. The summed E-state index contributed by atoms with van der Waals surface area (Å²) in [4.78, 5) is 0. The third-order valence-corrected chi connectivity index (χ3v) is 1.90. The Hall–Kier alpha value is 0.671. The van der Waals surface area contributed by atoms with E-state index in [1.807, 2.05) is 30.3 Å². The Kier molecular flexibility index (Phi) is 9.08. The van der Waals surface area contributed by atoms with Crippen LogP contribution in [0.5, 0.6) is 0 Å². The fraction of sp³-hybridized carbons (Fsp3) is 0.400. The molecule has 1 aromatic rings. The first-order chi connectivity index (χ1) is 7.08. The van der Waals surface area contributed by atoms with Gasteiger partial charge in [0, 0.05) is 13.1 Å². The molecular weight excluding hydrogens is 243 g/mol. The van der Waals surface area contributed by atoms with Crippen molar-refractivity contribution in [2.75, 3.05) is 13.1 Å². The topological polar surface area (TPSA) is 9.23 Å². The first-order valence-corrected chi connectivity index (χ1v) is 4.90. The summed E-state index contributed by atoms with van der Waals surface area (Å²) >= 11 is 0. The zero-order chi connectivity index (χ0) is 11.1. The van der Waals surface area contributed by atoms with E-state index < -0.39 is 13.5 Å². The molecule has 0 aliphatic heterocycles. The van der Waals surface area contributed by atoms with Crippen molar-refractivity contribution in [2.24, 2.45) is 0 Å². The predicted octanol–water partition coefficient (Wildman–Crippen LogP) is 0.0264. The maximum absolute atomic E-state index is 11.7. The second kappa shape index (κ2) is 8.72. The third-order valence-electron chi connectivity index (χ3n) is 1.90.